The summed E-state index contributed by atoms with van der Waals surface area (Å²) in [5.41, 5.74) is 0.516. The number of aromatic nitrogens is 3. The molecule has 13 nitrogen and oxygen atoms in total. The molecule has 0 saturated carbocycles. The summed E-state index contributed by atoms with van der Waals surface area (Å²) in [6.45, 7) is 11.5. The Bertz CT molecular complexity index is 1620. The van der Waals surface area contributed by atoms with Crippen LogP contribution in [0.2, 0.25) is 0 Å². The highest BCUT2D eigenvalue weighted by atomic mass is 16.4. The lowest BCUT2D eigenvalue weighted by atomic mass is 9.96. The van der Waals surface area contributed by atoms with Crippen LogP contribution in [0.15, 0.2) is 59.1 Å². The van der Waals surface area contributed by atoms with Crippen LogP contribution in [0.3, 0.4) is 0 Å². The zero-order valence-corrected chi connectivity index (χ0v) is 29.8. The number of unbranched alkanes of at least 4 members (excludes halogenated alkanes) is 1. The zero-order chi connectivity index (χ0) is 36.4. The smallest absolute Gasteiger partial charge is 0.286 e. The minimum atomic E-state index is -0.946. The van der Waals surface area contributed by atoms with Crippen LogP contribution < -0.4 is 16.0 Å². The molecule has 2 unspecified atom stereocenters. The van der Waals surface area contributed by atoms with E-state index in [0.29, 0.717) is 49.9 Å². The van der Waals surface area contributed by atoms with Crippen molar-refractivity contribution in [2.45, 2.75) is 104 Å². The summed E-state index contributed by atoms with van der Waals surface area (Å²) >= 11 is 0. The predicted octanol–water partition coefficient (Wildman–Crippen LogP) is 4.36. The van der Waals surface area contributed by atoms with Gasteiger partial charge in [-0.3, -0.25) is 29.0 Å². The number of carbonyl (C=O) groups is 5. The number of nitrogens with zero attached hydrogens (tertiary/aromatic N) is 4. The highest BCUT2D eigenvalue weighted by Gasteiger charge is 2.40. The minimum absolute atomic E-state index is 0.200. The molecule has 1 aliphatic heterocycles. The third-order valence-corrected chi connectivity index (χ3v) is 8.80. The summed E-state index contributed by atoms with van der Waals surface area (Å²) in [5.74, 6) is -2.33. The molecule has 3 atom stereocenters. The van der Waals surface area contributed by atoms with E-state index in [1.165, 1.54) is 4.90 Å². The molecule has 13 heteroatoms. The Morgan fingerprint density at radius 2 is 1.60 bits per heavy atom. The van der Waals surface area contributed by atoms with Gasteiger partial charge in [-0.2, -0.15) is 0 Å². The third kappa shape index (κ3) is 10.1. The molecule has 1 aromatic carbocycles. The normalized spacial score (nSPS) is 15.8. The summed E-state index contributed by atoms with van der Waals surface area (Å²) in [4.78, 5) is 72.0. The largest absolute Gasteiger partial charge is 0.414 e. The molecule has 0 bridgehead atoms. The van der Waals surface area contributed by atoms with Crippen molar-refractivity contribution < 1.29 is 28.4 Å². The number of carbonyl (C=O) groups excluding carboxylic acids is 5. The molecule has 3 heterocycles. The lowest BCUT2D eigenvalue weighted by Gasteiger charge is -2.31. The summed E-state index contributed by atoms with van der Waals surface area (Å²) in [5, 5.41) is 16.7. The molecular formula is C37H49N7O6. The molecule has 1 aliphatic rings. The molecule has 3 N–H and O–H groups in total. The molecule has 0 aliphatic carbocycles. The van der Waals surface area contributed by atoms with Gasteiger partial charge in [0.25, 0.3) is 11.8 Å². The molecule has 4 amide bonds. The standard InChI is InChI=1S/C37H49N7O6/c1-23(2)29(31(46)35-43-42-34(50-35)25-15-8-7-9-16-25)40-33(48)27-18-14-22-44(27)36(49)30(24(3)4)39-28(45)19-10-12-20-37(5,6)41-32(47)26-17-11-13-21-38-26/h7-9,11,13,15-17,21,23-24,27,29-30H,10,12,14,18-20,22H2,1-6H3,(H,39,45)(H,40,48)(H,41,47)/t27-,29?,30?/m0/s1. The van der Waals surface area contributed by atoms with Crippen LogP contribution in [0.1, 0.15) is 101 Å². The van der Waals surface area contributed by atoms with Crippen molar-refractivity contribution in [3.8, 4) is 11.5 Å². The summed E-state index contributed by atoms with van der Waals surface area (Å²) in [6.07, 6.45) is 4.73. The highest BCUT2D eigenvalue weighted by molar-refractivity contribution is 6.00. The molecule has 3 aromatic rings. The molecule has 1 saturated heterocycles. The van der Waals surface area contributed by atoms with Crippen LogP contribution >= 0.6 is 0 Å². The Balaban J connectivity index is 1.31. The van der Waals surface area contributed by atoms with E-state index in [9.17, 15) is 24.0 Å². The van der Waals surface area contributed by atoms with E-state index < -0.39 is 35.4 Å². The number of amides is 4. The van der Waals surface area contributed by atoms with Gasteiger partial charge in [0.1, 0.15) is 17.8 Å². The van der Waals surface area contributed by atoms with E-state index in [1.54, 1.807) is 50.4 Å². The number of Topliss-reactive ketones (excluding diaryl/α,β-unsaturated/α-hetero) is 1. The first kappa shape index (κ1) is 37.9. The van der Waals surface area contributed by atoms with E-state index in [-0.39, 0.29) is 47.8 Å². The van der Waals surface area contributed by atoms with Gasteiger partial charge in [-0.15, -0.1) is 10.2 Å². The first-order valence-electron chi connectivity index (χ1n) is 17.3. The second-order valence-electron chi connectivity index (χ2n) is 14.1. The first-order chi connectivity index (χ1) is 23.8. The monoisotopic (exact) mass is 687 g/mol. The molecule has 1 fully saturated rings. The molecular weight excluding hydrogens is 638 g/mol. The van der Waals surface area contributed by atoms with Crippen molar-refractivity contribution in [3.63, 3.8) is 0 Å². The van der Waals surface area contributed by atoms with Gasteiger partial charge in [0, 0.05) is 30.3 Å². The highest BCUT2D eigenvalue weighted by Crippen LogP contribution is 2.23. The Morgan fingerprint density at radius 1 is 0.900 bits per heavy atom. The van der Waals surface area contributed by atoms with Crippen LogP contribution in [-0.4, -0.2) is 79.7 Å². The van der Waals surface area contributed by atoms with Crippen LogP contribution in [0, 0.1) is 11.8 Å². The van der Waals surface area contributed by atoms with Gasteiger partial charge >= 0.3 is 0 Å². The number of hydrogen-bond acceptors (Lipinski definition) is 9. The molecule has 4 rings (SSSR count). The van der Waals surface area contributed by atoms with Gasteiger partial charge in [0.2, 0.25) is 29.4 Å². The second kappa shape index (κ2) is 17.1. The number of likely N-dealkylation sites (tertiary alicyclic amines) is 1. The lowest BCUT2D eigenvalue weighted by molar-refractivity contribution is -0.142. The number of nitrogens with one attached hydrogen (secondary N) is 3. The van der Waals surface area contributed by atoms with Gasteiger partial charge in [-0.1, -0.05) is 58.4 Å². The average Bonchev–Trinajstić information content (AvgIpc) is 3.79. The van der Waals surface area contributed by atoms with Crippen molar-refractivity contribution in [1.82, 2.24) is 36.0 Å². The van der Waals surface area contributed by atoms with E-state index in [0.717, 1.165) is 0 Å². The lowest BCUT2D eigenvalue weighted by Crippen LogP contribution is -2.57. The van der Waals surface area contributed by atoms with Crippen LogP contribution in [-0.2, 0) is 14.4 Å². The van der Waals surface area contributed by atoms with E-state index >= 15 is 0 Å². The minimum Gasteiger partial charge on any atom is -0.414 e. The average molecular weight is 688 g/mol. The fraction of sp³-hybridized carbons (Fsp3) is 0.514. The topological polar surface area (TPSA) is 176 Å². The van der Waals surface area contributed by atoms with Gasteiger partial charge in [0.05, 0.1) is 6.04 Å². The molecule has 2 aromatic heterocycles. The zero-order valence-electron chi connectivity index (χ0n) is 29.8. The number of hydrogen-bond donors (Lipinski definition) is 3. The third-order valence-electron chi connectivity index (χ3n) is 8.80. The van der Waals surface area contributed by atoms with Gasteiger partial charge < -0.3 is 25.3 Å². The quantitative estimate of drug-likeness (QED) is 0.146. The predicted molar refractivity (Wildman–Crippen MR) is 187 cm³/mol. The fourth-order valence-electron chi connectivity index (χ4n) is 5.96. The van der Waals surface area contributed by atoms with Crippen molar-refractivity contribution in [3.05, 3.63) is 66.3 Å². The van der Waals surface area contributed by atoms with Crippen LogP contribution in [0.4, 0.5) is 0 Å². The first-order valence-corrected chi connectivity index (χ1v) is 17.3. The molecule has 50 heavy (non-hydrogen) atoms. The Labute approximate surface area is 293 Å². The van der Waals surface area contributed by atoms with Gasteiger partial charge in [-0.05, 0) is 75.6 Å². The number of benzene rings is 1. The number of pyridine rings is 1. The maximum atomic E-state index is 13.8. The fourth-order valence-corrected chi connectivity index (χ4v) is 5.96. The summed E-state index contributed by atoms with van der Waals surface area (Å²) in [6, 6.07) is 11.7. The van der Waals surface area contributed by atoms with Gasteiger partial charge in [0.15, 0.2) is 0 Å². The summed E-state index contributed by atoms with van der Waals surface area (Å²) < 4.78 is 5.66. The Morgan fingerprint density at radius 3 is 2.26 bits per heavy atom. The van der Waals surface area contributed by atoms with Crippen molar-refractivity contribution in [1.29, 1.82) is 0 Å². The summed E-state index contributed by atoms with van der Waals surface area (Å²) in [7, 11) is 0. The Kier molecular flexibility index (Phi) is 13.0. The van der Waals surface area contributed by atoms with Crippen LogP contribution in [0.5, 0.6) is 0 Å². The van der Waals surface area contributed by atoms with E-state index in [4.69, 9.17) is 4.42 Å². The van der Waals surface area contributed by atoms with E-state index in [1.807, 2.05) is 45.9 Å². The maximum absolute atomic E-state index is 13.8. The van der Waals surface area contributed by atoms with E-state index in [2.05, 4.69) is 31.1 Å². The van der Waals surface area contributed by atoms with Crippen LogP contribution in [0.25, 0.3) is 11.5 Å². The maximum Gasteiger partial charge on any atom is 0.286 e. The molecule has 268 valence electrons. The van der Waals surface area contributed by atoms with Crippen molar-refractivity contribution >= 4 is 29.4 Å². The Hall–Kier alpha value is -4.94. The number of ketones is 1. The molecule has 0 spiro atoms. The molecule has 0 radical (unpaired) electrons. The van der Waals surface area contributed by atoms with Crippen molar-refractivity contribution in [2.24, 2.45) is 11.8 Å². The SMILES string of the molecule is CC(C)C(NC(=O)[C@@H]1CCCN1C(=O)C(NC(=O)CCCCC(C)(C)NC(=O)c1ccccn1)C(C)C)C(=O)c1nnc(-c2ccccc2)o1. The number of rotatable bonds is 16. The van der Waals surface area contributed by atoms with Crippen molar-refractivity contribution in [2.75, 3.05) is 6.54 Å². The second-order valence-corrected chi connectivity index (χ2v) is 14.1. The van der Waals surface area contributed by atoms with Gasteiger partial charge in [-0.25, -0.2) is 0 Å².